The summed E-state index contributed by atoms with van der Waals surface area (Å²) in [5.74, 6) is 0.593. The van der Waals surface area contributed by atoms with E-state index in [2.05, 4.69) is 47.3 Å². The number of hydrogen-bond acceptors (Lipinski definition) is 4. The molecule has 1 unspecified atom stereocenters. The van der Waals surface area contributed by atoms with Gasteiger partial charge in [0.2, 0.25) is 5.91 Å². The molecular formula is C23H26N6O. The molecule has 4 aromatic rings. The van der Waals surface area contributed by atoms with Gasteiger partial charge in [-0.1, -0.05) is 26.0 Å². The number of benzene rings is 2. The predicted molar refractivity (Wildman–Crippen MR) is 118 cm³/mol. The van der Waals surface area contributed by atoms with Crippen molar-refractivity contribution >= 4 is 22.5 Å². The Hall–Kier alpha value is -3.48. The second-order valence-corrected chi connectivity index (χ2v) is 8.09. The lowest BCUT2D eigenvalue weighted by Gasteiger charge is -2.31. The maximum atomic E-state index is 13.4. The normalized spacial score (nSPS) is 12.4. The van der Waals surface area contributed by atoms with Crippen molar-refractivity contribution in [2.45, 2.75) is 39.7 Å². The van der Waals surface area contributed by atoms with Crippen molar-refractivity contribution in [3.8, 4) is 5.69 Å². The second kappa shape index (κ2) is 8.49. The average molecular weight is 403 g/mol. The summed E-state index contributed by atoms with van der Waals surface area (Å²) in [6.45, 7) is 6.50. The molecule has 1 atom stereocenters. The van der Waals surface area contributed by atoms with Gasteiger partial charge in [-0.2, -0.15) is 0 Å². The van der Waals surface area contributed by atoms with E-state index in [-0.39, 0.29) is 11.9 Å². The molecule has 0 aliphatic rings. The maximum absolute atomic E-state index is 13.4. The number of hydrogen-bond donors (Lipinski definition) is 1. The van der Waals surface area contributed by atoms with Crippen LogP contribution in [-0.2, 0) is 11.2 Å². The summed E-state index contributed by atoms with van der Waals surface area (Å²) < 4.78 is 1.59. The van der Waals surface area contributed by atoms with Crippen LogP contribution in [0.25, 0.3) is 16.6 Å². The SMILES string of the molecule is CC(C)CC(C)N(C(=O)Cc1ccc(-n2cnnn2)cc1)c1ccc2[nH]ccc2c1. The highest BCUT2D eigenvalue weighted by molar-refractivity contribution is 5.97. The minimum Gasteiger partial charge on any atom is -0.361 e. The van der Waals surface area contributed by atoms with Crippen LogP contribution in [0.1, 0.15) is 32.8 Å². The fraction of sp³-hybridized carbons (Fsp3) is 0.304. The maximum Gasteiger partial charge on any atom is 0.231 e. The van der Waals surface area contributed by atoms with Gasteiger partial charge in [0.15, 0.2) is 0 Å². The zero-order valence-electron chi connectivity index (χ0n) is 17.5. The first-order chi connectivity index (χ1) is 14.5. The van der Waals surface area contributed by atoms with Crippen LogP contribution in [0.15, 0.2) is 61.1 Å². The molecule has 4 rings (SSSR count). The fourth-order valence-corrected chi connectivity index (χ4v) is 3.93. The van der Waals surface area contributed by atoms with Crippen molar-refractivity contribution < 1.29 is 4.79 Å². The Labute approximate surface area is 175 Å². The number of amides is 1. The Morgan fingerprint density at radius 2 is 1.90 bits per heavy atom. The molecular weight excluding hydrogens is 376 g/mol. The second-order valence-electron chi connectivity index (χ2n) is 8.09. The minimum absolute atomic E-state index is 0.0909. The molecule has 2 heterocycles. The number of carbonyl (C=O) groups excluding carboxylic acids is 1. The van der Waals surface area contributed by atoms with Gasteiger partial charge in [0.05, 0.1) is 12.1 Å². The lowest BCUT2D eigenvalue weighted by Crippen LogP contribution is -2.40. The van der Waals surface area contributed by atoms with E-state index in [0.29, 0.717) is 12.3 Å². The number of nitrogens with zero attached hydrogens (tertiary/aromatic N) is 5. The molecule has 0 fully saturated rings. The molecule has 0 saturated carbocycles. The molecule has 0 aliphatic carbocycles. The fourth-order valence-electron chi connectivity index (χ4n) is 3.93. The summed E-state index contributed by atoms with van der Waals surface area (Å²) in [7, 11) is 0. The summed E-state index contributed by atoms with van der Waals surface area (Å²) in [5.41, 5.74) is 3.83. The van der Waals surface area contributed by atoms with Gasteiger partial charge in [-0.3, -0.25) is 4.79 Å². The van der Waals surface area contributed by atoms with Gasteiger partial charge < -0.3 is 9.88 Å². The summed E-state index contributed by atoms with van der Waals surface area (Å²) in [6, 6.07) is 16.0. The van der Waals surface area contributed by atoms with Crippen LogP contribution in [0.2, 0.25) is 0 Å². The van der Waals surface area contributed by atoms with E-state index in [1.807, 2.05) is 53.6 Å². The Balaban J connectivity index is 1.58. The van der Waals surface area contributed by atoms with E-state index >= 15 is 0 Å². The smallest absolute Gasteiger partial charge is 0.231 e. The number of H-pyrrole nitrogens is 1. The van der Waals surface area contributed by atoms with Crippen LogP contribution in [-0.4, -0.2) is 37.1 Å². The first kappa shape index (κ1) is 19.8. The number of rotatable bonds is 7. The Morgan fingerprint density at radius 3 is 2.60 bits per heavy atom. The highest BCUT2D eigenvalue weighted by Crippen LogP contribution is 2.26. The van der Waals surface area contributed by atoms with Crippen LogP contribution in [0.4, 0.5) is 5.69 Å². The molecule has 7 nitrogen and oxygen atoms in total. The number of aromatic nitrogens is 5. The van der Waals surface area contributed by atoms with E-state index < -0.39 is 0 Å². The number of nitrogens with one attached hydrogen (secondary N) is 1. The van der Waals surface area contributed by atoms with Gasteiger partial charge in [-0.25, -0.2) is 4.68 Å². The third-order valence-electron chi connectivity index (χ3n) is 5.24. The third kappa shape index (κ3) is 4.25. The van der Waals surface area contributed by atoms with Crippen LogP contribution in [0.3, 0.4) is 0 Å². The number of aromatic amines is 1. The monoisotopic (exact) mass is 402 g/mol. The van der Waals surface area contributed by atoms with Crippen molar-refractivity contribution in [1.82, 2.24) is 25.2 Å². The minimum atomic E-state index is 0.0909. The molecule has 2 aromatic heterocycles. The largest absolute Gasteiger partial charge is 0.361 e. The molecule has 7 heteroatoms. The van der Waals surface area contributed by atoms with Crippen LogP contribution < -0.4 is 4.90 Å². The van der Waals surface area contributed by atoms with Gasteiger partial charge in [0.1, 0.15) is 6.33 Å². The Bertz CT molecular complexity index is 1110. The zero-order chi connectivity index (χ0) is 21.1. The first-order valence-corrected chi connectivity index (χ1v) is 10.2. The summed E-state index contributed by atoms with van der Waals surface area (Å²) in [4.78, 5) is 18.6. The number of tetrazole rings is 1. The molecule has 2 aromatic carbocycles. The van der Waals surface area contributed by atoms with Crippen molar-refractivity contribution in [1.29, 1.82) is 0 Å². The van der Waals surface area contributed by atoms with Crippen molar-refractivity contribution in [3.05, 3.63) is 66.6 Å². The molecule has 1 amide bonds. The van der Waals surface area contributed by atoms with Crippen molar-refractivity contribution in [2.24, 2.45) is 5.92 Å². The topological polar surface area (TPSA) is 79.7 Å². The van der Waals surface area contributed by atoms with E-state index in [4.69, 9.17) is 0 Å². The Morgan fingerprint density at radius 1 is 1.10 bits per heavy atom. The predicted octanol–water partition coefficient (Wildman–Crippen LogP) is 4.15. The average Bonchev–Trinajstić information content (AvgIpc) is 3.40. The van der Waals surface area contributed by atoms with Gasteiger partial charge in [0.25, 0.3) is 0 Å². The standard InChI is InChI=1S/C23H26N6O/c1-16(2)12-17(3)29(21-8-9-22-19(14-21)10-11-24-22)23(30)13-18-4-6-20(7-5-18)28-15-25-26-27-28/h4-11,14-17,24H,12-13H2,1-3H3. The van der Waals surface area contributed by atoms with Crippen molar-refractivity contribution in [3.63, 3.8) is 0 Å². The lowest BCUT2D eigenvalue weighted by molar-refractivity contribution is -0.118. The molecule has 0 saturated heterocycles. The molecule has 30 heavy (non-hydrogen) atoms. The van der Waals surface area contributed by atoms with Crippen LogP contribution in [0.5, 0.6) is 0 Å². The third-order valence-corrected chi connectivity index (χ3v) is 5.24. The van der Waals surface area contributed by atoms with E-state index in [9.17, 15) is 4.79 Å². The summed E-state index contributed by atoms with van der Waals surface area (Å²) >= 11 is 0. The molecule has 1 N–H and O–H groups in total. The molecule has 154 valence electrons. The zero-order valence-corrected chi connectivity index (χ0v) is 17.5. The highest BCUT2D eigenvalue weighted by atomic mass is 16.2. The van der Waals surface area contributed by atoms with Gasteiger partial charge >= 0.3 is 0 Å². The van der Waals surface area contributed by atoms with Gasteiger partial charge in [0, 0.05) is 28.8 Å². The number of fused-ring (bicyclic) bond motifs is 1. The first-order valence-electron chi connectivity index (χ1n) is 10.2. The van der Waals surface area contributed by atoms with Crippen LogP contribution in [0, 0.1) is 5.92 Å². The molecule has 0 spiro atoms. The molecule has 0 bridgehead atoms. The quantitative estimate of drug-likeness (QED) is 0.503. The number of anilines is 1. The number of carbonyl (C=O) groups is 1. The van der Waals surface area contributed by atoms with E-state index in [0.717, 1.165) is 34.3 Å². The van der Waals surface area contributed by atoms with Gasteiger partial charge in [-0.15, -0.1) is 5.10 Å². The molecule has 0 aliphatic heterocycles. The lowest BCUT2D eigenvalue weighted by atomic mass is 10.0. The van der Waals surface area contributed by atoms with E-state index in [1.165, 1.54) is 0 Å². The van der Waals surface area contributed by atoms with Crippen molar-refractivity contribution in [2.75, 3.05) is 4.90 Å². The summed E-state index contributed by atoms with van der Waals surface area (Å²) in [6.07, 6.45) is 4.75. The van der Waals surface area contributed by atoms with E-state index in [1.54, 1.807) is 11.0 Å². The highest BCUT2D eigenvalue weighted by Gasteiger charge is 2.23. The van der Waals surface area contributed by atoms with Gasteiger partial charge in [-0.05, 0) is 71.7 Å². The Kier molecular flexibility index (Phi) is 5.61. The summed E-state index contributed by atoms with van der Waals surface area (Å²) in [5, 5.41) is 12.3. The van der Waals surface area contributed by atoms with Crippen LogP contribution >= 0.6 is 0 Å². The molecule has 0 radical (unpaired) electrons.